The van der Waals surface area contributed by atoms with Crippen LogP contribution < -0.4 is 15.7 Å². The SMILES string of the molecule is COc1ccc2c(CC(=O)N[C@@H](CC(=O)O)C(=O)O[C@@H]3CC[C@@]4(C)[C@H](CC[C@@H]5[C@@H]4CC[C@]4(C)C([C@H](C)CCC(=O)OCCOCCOCCOCCN=[N+]=[N-])CC[C@@H]54)C3)cc(=O)oc2c1. The molecule has 0 bridgehead atoms. The molecule has 4 fully saturated rings. The lowest BCUT2D eigenvalue weighted by Gasteiger charge is -2.61. The van der Waals surface area contributed by atoms with Crippen LogP contribution in [0.2, 0.25) is 0 Å². The van der Waals surface area contributed by atoms with Crippen LogP contribution in [0.15, 0.2) is 38.6 Å². The highest BCUT2D eigenvalue weighted by atomic mass is 16.6. The number of carboxylic acids is 1. The lowest BCUT2D eigenvalue weighted by atomic mass is 9.44. The second kappa shape index (κ2) is 23.2. The van der Waals surface area contributed by atoms with E-state index in [9.17, 15) is 29.1 Å². The third-order valence-corrected chi connectivity index (χ3v) is 15.5. The summed E-state index contributed by atoms with van der Waals surface area (Å²) >= 11 is 0. The third kappa shape index (κ3) is 12.6. The molecule has 2 aromatic rings. The van der Waals surface area contributed by atoms with E-state index in [1.807, 2.05) is 0 Å². The number of amides is 1. The average molecular weight is 909 g/mol. The van der Waals surface area contributed by atoms with Crippen molar-refractivity contribution in [2.45, 2.75) is 116 Å². The zero-order chi connectivity index (χ0) is 46.6. The maximum absolute atomic E-state index is 13.6. The van der Waals surface area contributed by atoms with E-state index in [0.29, 0.717) is 118 Å². The number of rotatable bonds is 24. The number of hydrogen-bond acceptors (Lipinski definition) is 13. The van der Waals surface area contributed by atoms with Gasteiger partial charge in [0.05, 0.1) is 59.6 Å². The fourth-order valence-electron chi connectivity index (χ4n) is 12.3. The molecule has 4 aliphatic carbocycles. The molecule has 2 N–H and O–H groups in total. The van der Waals surface area contributed by atoms with Crippen molar-refractivity contribution in [2.75, 3.05) is 59.9 Å². The first-order chi connectivity index (χ1) is 31.2. The first-order valence-corrected chi connectivity index (χ1v) is 23.5. The van der Waals surface area contributed by atoms with Gasteiger partial charge in [-0.2, -0.15) is 0 Å². The molecule has 4 saturated carbocycles. The number of carbonyl (C=O) groups excluding carboxylic acids is 3. The van der Waals surface area contributed by atoms with Crippen LogP contribution in [0.3, 0.4) is 0 Å². The molecule has 1 aromatic heterocycles. The predicted octanol–water partition coefficient (Wildman–Crippen LogP) is 7.19. The van der Waals surface area contributed by atoms with Crippen LogP contribution in [0.25, 0.3) is 21.4 Å². The van der Waals surface area contributed by atoms with Crippen molar-refractivity contribution >= 4 is 34.8 Å². The van der Waals surface area contributed by atoms with Gasteiger partial charge < -0.3 is 43.3 Å². The normalized spacial score (nSPS) is 27.8. The average Bonchev–Trinajstić information content (AvgIpc) is 3.63. The standard InChI is InChI=1S/C48H68N4O13/c1-30(5-12-44(56)63-24-23-62-22-21-61-20-19-60-18-17-50-52-49)37-10-11-38-36-8-6-32-27-34(13-15-47(32,2)39(36)14-16-48(37,38)3)64-46(58)40(29-43(54)55)51-42(53)25-31-26-45(57)65-41-28-33(59-4)7-9-35(31)41/h7,9,26,28,30,32,34,36-40H,5-6,8,10-25,27,29H2,1-4H3,(H,51,53)(H,54,55)/t30-,32-,34-,36+,37?,38+,39+,40+,47+,48-/m1/s1. The van der Waals surface area contributed by atoms with Gasteiger partial charge >= 0.3 is 23.5 Å². The van der Waals surface area contributed by atoms with Crippen LogP contribution in [0.5, 0.6) is 5.75 Å². The van der Waals surface area contributed by atoms with Crippen molar-refractivity contribution in [3.63, 3.8) is 0 Å². The van der Waals surface area contributed by atoms with Gasteiger partial charge in [-0.15, -0.1) is 0 Å². The van der Waals surface area contributed by atoms with Crippen molar-refractivity contribution in [1.29, 1.82) is 0 Å². The van der Waals surface area contributed by atoms with Crippen molar-refractivity contribution in [1.82, 2.24) is 5.32 Å². The Bertz CT molecular complexity index is 2070. The van der Waals surface area contributed by atoms with Crippen LogP contribution in [-0.4, -0.2) is 101 Å². The van der Waals surface area contributed by atoms with E-state index in [1.165, 1.54) is 32.4 Å². The van der Waals surface area contributed by atoms with Gasteiger partial charge in [-0.1, -0.05) is 25.9 Å². The molecule has 1 heterocycles. The largest absolute Gasteiger partial charge is 0.497 e. The van der Waals surface area contributed by atoms with Crippen molar-refractivity contribution in [3.8, 4) is 5.75 Å². The molecule has 0 saturated heterocycles. The quantitative estimate of drug-likeness (QED) is 0.0265. The number of methoxy groups -OCH3 is 1. The Balaban J connectivity index is 0.934. The summed E-state index contributed by atoms with van der Waals surface area (Å²) in [6.07, 6.45) is 9.16. The molecule has 1 unspecified atom stereocenters. The lowest BCUT2D eigenvalue weighted by molar-refractivity contribution is -0.167. The molecule has 6 rings (SSSR count). The number of hydrogen-bond donors (Lipinski definition) is 2. The molecule has 0 radical (unpaired) electrons. The zero-order valence-corrected chi connectivity index (χ0v) is 38.5. The van der Waals surface area contributed by atoms with Gasteiger partial charge in [-0.3, -0.25) is 14.4 Å². The highest BCUT2D eigenvalue weighted by Crippen LogP contribution is 2.68. The monoisotopic (exact) mass is 908 g/mol. The first kappa shape index (κ1) is 49.7. The van der Waals surface area contributed by atoms with E-state index in [4.69, 9.17) is 38.4 Å². The summed E-state index contributed by atoms with van der Waals surface area (Å²) in [4.78, 5) is 66.4. The van der Waals surface area contributed by atoms with Crippen molar-refractivity contribution in [3.05, 3.63) is 50.7 Å². The molecule has 1 amide bonds. The van der Waals surface area contributed by atoms with Gasteiger partial charge in [0, 0.05) is 35.4 Å². The predicted molar refractivity (Wildman–Crippen MR) is 238 cm³/mol. The molecule has 0 spiro atoms. The second-order valence-corrected chi connectivity index (χ2v) is 19.1. The topological polar surface area (TPSA) is 235 Å². The minimum atomic E-state index is -1.38. The van der Waals surface area contributed by atoms with E-state index in [2.05, 4.69) is 36.1 Å². The van der Waals surface area contributed by atoms with Gasteiger partial charge in [-0.05, 0) is 134 Å². The Labute approximate surface area is 380 Å². The Morgan fingerprint density at radius 2 is 1.63 bits per heavy atom. The number of fused-ring (bicyclic) bond motifs is 6. The van der Waals surface area contributed by atoms with Gasteiger partial charge in [0.15, 0.2) is 0 Å². The number of nitrogens with one attached hydrogen (secondary N) is 1. The fourth-order valence-corrected chi connectivity index (χ4v) is 12.3. The van der Waals surface area contributed by atoms with E-state index < -0.39 is 35.9 Å². The van der Waals surface area contributed by atoms with Gasteiger partial charge in [0.1, 0.15) is 30.1 Å². The minimum absolute atomic E-state index is 0.117. The van der Waals surface area contributed by atoms with Crippen LogP contribution in [0, 0.1) is 46.3 Å². The molecule has 17 nitrogen and oxygen atoms in total. The van der Waals surface area contributed by atoms with Crippen molar-refractivity contribution in [2.24, 2.45) is 51.5 Å². The number of nitrogens with zero attached hydrogens (tertiary/aromatic N) is 3. The molecule has 0 aliphatic heterocycles. The maximum Gasteiger partial charge on any atom is 0.336 e. The molecular weight excluding hydrogens is 841 g/mol. The Hall–Kier alpha value is -4.70. The molecule has 17 heteroatoms. The second-order valence-electron chi connectivity index (χ2n) is 19.1. The summed E-state index contributed by atoms with van der Waals surface area (Å²) in [5.41, 5.74) is 8.57. The highest BCUT2D eigenvalue weighted by molar-refractivity contribution is 5.91. The first-order valence-electron chi connectivity index (χ1n) is 23.5. The molecule has 4 aliphatic rings. The minimum Gasteiger partial charge on any atom is -0.497 e. The number of ether oxygens (including phenoxy) is 6. The molecule has 10 atom stereocenters. The maximum atomic E-state index is 13.6. The fraction of sp³-hybridized carbons (Fsp3) is 0.729. The Kier molecular flexibility index (Phi) is 17.7. The van der Waals surface area contributed by atoms with Gasteiger partial charge in [-0.25, -0.2) is 9.59 Å². The number of carboxylic acid groups (broad SMARTS) is 1. The molecule has 358 valence electrons. The van der Waals surface area contributed by atoms with E-state index in [-0.39, 0.29) is 41.5 Å². The van der Waals surface area contributed by atoms with E-state index in [0.717, 1.165) is 32.1 Å². The zero-order valence-electron chi connectivity index (χ0n) is 38.5. The lowest BCUT2D eigenvalue weighted by Crippen LogP contribution is -2.54. The molecule has 1 aromatic carbocycles. The summed E-state index contributed by atoms with van der Waals surface area (Å²) in [6.45, 7) is 10.1. The van der Waals surface area contributed by atoms with Gasteiger partial charge in [0.25, 0.3) is 0 Å². The number of aliphatic carboxylic acids is 1. The van der Waals surface area contributed by atoms with Crippen LogP contribution in [0.4, 0.5) is 0 Å². The van der Waals surface area contributed by atoms with Crippen LogP contribution >= 0.6 is 0 Å². The Morgan fingerprint density at radius 1 is 0.923 bits per heavy atom. The van der Waals surface area contributed by atoms with Crippen molar-refractivity contribution < 1.29 is 57.1 Å². The summed E-state index contributed by atoms with van der Waals surface area (Å²) in [6, 6.07) is 4.74. The van der Waals surface area contributed by atoms with E-state index in [1.54, 1.807) is 18.2 Å². The number of esters is 2. The summed E-state index contributed by atoms with van der Waals surface area (Å²) in [5, 5.41) is 16.2. The third-order valence-electron chi connectivity index (χ3n) is 15.5. The number of benzene rings is 1. The van der Waals surface area contributed by atoms with E-state index >= 15 is 0 Å². The van der Waals surface area contributed by atoms with Crippen LogP contribution in [-0.2, 0) is 49.3 Å². The number of azide groups is 1. The molecule has 65 heavy (non-hydrogen) atoms. The summed E-state index contributed by atoms with van der Waals surface area (Å²) in [5.74, 6) is 0.859. The highest BCUT2D eigenvalue weighted by Gasteiger charge is 2.60. The summed E-state index contributed by atoms with van der Waals surface area (Å²) < 4.78 is 38.3. The molecular formula is C48H68N4O13. The van der Waals surface area contributed by atoms with Crippen LogP contribution in [0.1, 0.15) is 103 Å². The smallest absolute Gasteiger partial charge is 0.336 e. The number of carbonyl (C=O) groups is 4. The van der Waals surface area contributed by atoms with Gasteiger partial charge in [0.2, 0.25) is 5.91 Å². The summed E-state index contributed by atoms with van der Waals surface area (Å²) in [7, 11) is 1.49. The Morgan fingerprint density at radius 3 is 2.35 bits per heavy atom.